The Balaban J connectivity index is 1.72. The van der Waals surface area contributed by atoms with Crippen LogP contribution in [0.5, 0.6) is 0 Å². The van der Waals surface area contributed by atoms with Crippen LogP contribution in [0.15, 0.2) is 11.2 Å². The number of carbonyl (C=O) groups is 1. The first-order valence-corrected chi connectivity index (χ1v) is 8.60. The maximum atomic E-state index is 11.7. The number of amides is 1. The van der Waals surface area contributed by atoms with Crippen molar-refractivity contribution in [3.05, 3.63) is 16.1 Å². The van der Waals surface area contributed by atoms with Crippen molar-refractivity contribution in [2.45, 2.75) is 39.2 Å². The molecule has 7 heteroatoms. The fraction of sp³-hybridized carbons (Fsp3) is 0.667. The summed E-state index contributed by atoms with van der Waals surface area (Å²) < 4.78 is 0. The van der Waals surface area contributed by atoms with E-state index in [0.717, 1.165) is 43.4 Å². The van der Waals surface area contributed by atoms with Gasteiger partial charge in [-0.05, 0) is 13.3 Å². The van der Waals surface area contributed by atoms with E-state index in [4.69, 9.17) is 0 Å². The summed E-state index contributed by atoms with van der Waals surface area (Å²) in [4.78, 5) is 23.5. The van der Waals surface area contributed by atoms with Crippen molar-refractivity contribution in [1.82, 2.24) is 20.5 Å². The van der Waals surface area contributed by atoms with E-state index >= 15 is 0 Å². The van der Waals surface area contributed by atoms with Gasteiger partial charge in [-0.1, -0.05) is 6.92 Å². The molecule has 2 N–H and O–H groups in total. The first kappa shape index (κ1) is 16.7. The van der Waals surface area contributed by atoms with Gasteiger partial charge in [0.15, 0.2) is 5.96 Å². The molecule has 1 aromatic heterocycles. The summed E-state index contributed by atoms with van der Waals surface area (Å²) in [5.41, 5.74) is 0. The highest BCUT2D eigenvalue weighted by Crippen LogP contribution is 2.11. The molecule has 122 valence electrons. The molecule has 0 aliphatic carbocycles. The summed E-state index contributed by atoms with van der Waals surface area (Å²) in [5, 5.41) is 7.85. The Labute approximate surface area is 136 Å². The topological polar surface area (TPSA) is 69.6 Å². The third-order valence-corrected chi connectivity index (χ3v) is 4.68. The number of hydrogen-bond acceptors (Lipinski definition) is 4. The van der Waals surface area contributed by atoms with Crippen molar-refractivity contribution in [1.29, 1.82) is 0 Å². The Morgan fingerprint density at radius 1 is 1.59 bits per heavy atom. The second-order valence-corrected chi connectivity index (χ2v) is 6.76. The molecular weight excluding hydrogens is 298 g/mol. The minimum atomic E-state index is 0.228. The third kappa shape index (κ3) is 4.69. The zero-order valence-corrected chi connectivity index (χ0v) is 14.4. The van der Waals surface area contributed by atoms with Crippen LogP contribution < -0.4 is 10.6 Å². The van der Waals surface area contributed by atoms with Crippen molar-refractivity contribution in [3.63, 3.8) is 0 Å². The van der Waals surface area contributed by atoms with E-state index in [0.29, 0.717) is 6.42 Å². The fourth-order valence-electron chi connectivity index (χ4n) is 2.52. The van der Waals surface area contributed by atoms with Gasteiger partial charge in [-0.3, -0.25) is 9.79 Å². The van der Waals surface area contributed by atoms with Gasteiger partial charge in [0.2, 0.25) is 5.91 Å². The van der Waals surface area contributed by atoms with E-state index in [1.807, 2.05) is 18.0 Å². The molecule has 2 rings (SSSR count). The van der Waals surface area contributed by atoms with Gasteiger partial charge in [0.25, 0.3) is 0 Å². The molecule has 6 nitrogen and oxygen atoms in total. The van der Waals surface area contributed by atoms with Crippen LogP contribution in [0.25, 0.3) is 0 Å². The average molecular weight is 323 g/mol. The number of nitrogens with zero attached hydrogens (tertiary/aromatic N) is 3. The van der Waals surface area contributed by atoms with Gasteiger partial charge in [-0.15, -0.1) is 11.3 Å². The molecule has 1 amide bonds. The highest BCUT2D eigenvalue weighted by atomic mass is 32.1. The molecule has 2 heterocycles. The van der Waals surface area contributed by atoms with Gasteiger partial charge in [-0.2, -0.15) is 0 Å². The summed E-state index contributed by atoms with van der Waals surface area (Å²) in [6, 6.07) is 0.281. The zero-order valence-electron chi connectivity index (χ0n) is 13.6. The lowest BCUT2D eigenvalue weighted by Crippen LogP contribution is -2.45. The highest BCUT2D eigenvalue weighted by Gasteiger charge is 2.25. The van der Waals surface area contributed by atoms with Crippen LogP contribution in [0.2, 0.25) is 0 Å². The van der Waals surface area contributed by atoms with Crippen molar-refractivity contribution >= 4 is 23.2 Å². The van der Waals surface area contributed by atoms with E-state index < -0.39 is 0 Å². The van der Waals surface area contributed by atoms with Crippen LogP contribution in [-0.4, -0.2) is 54.5 Å². The SMILES string of the molecule is CCC(=O)N1CCC(NC(=NC)NCCc2ncc(C)s2)C1. The molecule has 0 saturated carbocycles. The molecule has 0 aromatic carbocycles. The largest absolute Gasteiger partial charge is 0.356 e. The molecule has 1 atom stereocenters. The van der Waals surface area contributed by atoms with Gasteiger partial charge < -0.3 is 15.5 Å². The monoisotopic (exact) mass is 323 g/mol. The lowest BCUT2D eigenvalue weighted by Gasteiger charge is -2.18. The molecule has 0 spiro atoms. The maximum absolute atomic E-state index is 11.7. The molecule has 1 aromatic rings. The second kappa shape index (κ2) is 8.12. The van der Waals surface area contributed by atoms with Crippen LogP contribution in [-0.2, 0) is 11.2 Å². The summed E-state index contributed by atoms with van der Waals surface area (Å²) in [6.07, 6.45) is 4.35. The van der Waals surface area contributed by atoms with Gasteiger partial charge in [0, 0.05) is 56.6 Å². The number of guanidine groups is 1. The number of nitrogens with one attached hydrogen (secondary N) is 2. The summed E-state index contributed by atoms with van der Waals surface area (Å²) in [7, 11) is 1.77. The number of thiazole rings is 1. The number of aromatic nitrogens is 1. The van der Waals surface area contributed by atoms with Crippen LogP contribution in [0.3, 0.4) is 0 Å². The normalized spacial score (nSPS) is 18.6. The number of aliphatic imine (C=N–C) groups is 1. The molecule has 1 aliphatic rings. The van der Waals surface area contributed by atoms with Crippen molar-refractivity contribution in [2.24, 2.45) is 4.99 Å². The number of carbonyl (C=O) groups excluding carboxylic acids is 1. The van der Waals surface area contributed by atoms with Crippen LogP contribution in [0, 0.1) is 6.92 Å². The first-order valence-electron chi connectivity index (χ1n) is 7.78. The van der Waals surface area contributed by atoms with E-state index in [2.05, 4.69) is 27.5 Å². The Hall–Kier alpha value is -1.63. The van der Waals surface area contributed by atoms with Crippen LogP contribution >= 0.6 is 11.3 Å². The number of likely N-dealkylation sites (tertiary alicyclic amines) is 1. The second-order valence-electron chi connectivity index (χ2n) is 5.44. The average Bonchev–Trinajstić information content (AvgIpc) is 3.14. The molecule has 1 aliphatic heterocycles. The van der Waals surface area contributed by atoms with E-state index in [1.54, 1.807) is 18.4 Å². The molecule has 0 radical (unpaired) electrons. The smallest absolute Gasteiger partial charge is 0.222 e. The highest BCUT2D eigenvalue weighted by molar-refractivity contribution is 7.11. The Bertz CT molecular complexity index is 528. The molecule has 22 heavy (non-hydrogen) atoms. The Kier molecular flexibility index (Phi) is 6.18. The van der Waals surface area contributed by atoms with Gasteiger partial charge in [-0.25, -0.2) is 4.98 Å². The van der Waals surface area contributed by atoms with E-state index in [-0.39, 0.29) is 11.9 Å². The van der Waals surface area contributed by atoms with Crippen molar-refractivity contribution in [3.8, 4) is 0 Å². The summed E-state index contributed by atoms with van der Waals surface area (Å²) >= 11 is 1.73. The van der Waals surface area contributed by atoms with Crippen LogP contribution in [0.1, 0.15) is 29.7 Å². The molecule has 1 fully saturated rings. The van der Waals surface area contributed by atoms with Gasteiger partial charge in [0.1, 0.15) is 0 Å². The predicted molar refractivity (Wildman–Crippen MR) is 90.3 cm³/mol. The van der Waals surface area contributed by atoms with E-state index in [1.165, 1.54) is 4.88 Å². The number of aryl methyl sites for hydroxylation is 1. The summed E-state index contributed by atoms with van der Waals surface area (Å²) in [5.74, 6) is 1.02. The first-order chi connectivity index (χ1) is 10.6. The zero-order chi connectivity index (χ0) is 15.9. The standard InChI is InChI=1S/C15H25N5OS/c1-4-14(21)20-8-6-12(10-20)19-15(16-3)17-7-5-13-18-9-11(2)22-13/h9,12H,4-8,10H2,1-3H3,(H2,16,17,19). The minimum absolute atomic E-state index is 0.228. The van der Waals surface area contributed by atoms with Crippen LogP contribution in [0.4, 0.5) is 0 Å². The van der Waals surface area contributed by atoms with E-state index in [9.17, 15) is 4.79 Å². The van der Waals surface area contributed by atoms with Gasteiger partial charge in [0.05, 0.1) is 5.01 Å². The lowest BCUT2D eigenvalue weighted by molar-refractivity contribution is -0.129. The van der Waals surface area contributed by atoms with Crippen molar-refractivity contribution in [2.75, 3.05) is 26.7 Å². The molecule has 0 bridgehead atoms. The molecule has 1 saturated heterocycles. The quantitative estimate of drug-likeness (QED) is 0.630. The Morgan fingerprint density at radius 3 is 3.05 bits per heavy atom. The predicted octanol–water partition coefficient (Wildman–Crippen LogP) is 1.17. The third-order valence-electron chi connectivity index (χ3n) is 3.71. The number of rotatable bonds is 5. The fourth-order valence-corrected chi connectivity index (χ4v) is 3.31. The lowest BCUT2D eigenvalue weighted by atomic mass is 10.3. The van der Waals surface area contributed by atoms with Gasteiger partial charge >= 0.3 is 0 Å². The Morgan fingerprint density at radius 2 is 2.41 bits per heavy atom. The number of hydrogen-bond donors (Lipinski definition) is 2. The summed E-state index contributed by atoms with van der Waals surface area (Å²) in [6.45, 7) is 6.37. The maximum Gasteiger partial charge on any atom is 0.222 e. The van der Waals surface area contributed by atoms with Crippen molar-refractivity contribution < 1.29 is 4.79 Å². The minimum Gasteiger partial charge on any atom is -0.356 e. The molecule has 1 unspecified atom stereocenters. The molecular formula is C15H25N5OS.